The van der Waals surface area contributed by atoms with Gasteiger partial charge in [-0.05, 0) is 19.1 Å². The molecule has 0 radical (unpaired) electrons. The molecule has 0 aliphatic carbocycles. The predicted molar refractivity (Wildman–Crippen MR) is 85.4 cm³/mol. The van der Waals surface area contributed by atoms with Crippen LogP contribution < -0.4 is 0 Å². The summed E-state index contributed by atoms with van der Waals surface area (Å²) in [4.78, 5) is 18.0. The van der Waals surface area contributed by atoms with Crippen LogP contribution in [0.15, 0.2) is 18.3 Å². The Morgan fingerprint density at radius 1 is 1.50 bits per heavy atom. The highest BCUT2D eigenvalue weighted by Gasteiger charge is 2.28. The van der Waals surface area contributed by atoms with Crippen molar-refractivity contribution in [3.05, 3.63) is 29.7 Å². The number of carbonyl (C=O) groups is 1. The first kappa shape index (κ1) is 16.3. The van der Waals surface area contributed by atoms with E-state index in [1.807, 2.05) is 0 Å². The summed E-state index contributed by atoms with van der Waals surface area (Å²) >= 11 is 0. The number of nitrogens with zero attached hydrogens (tertiary/aromatic N) is 4. The van der Waals surface area contributed by atoms with E-state index >= 15 is 0 Å². The van der Waals surface area contributed by atoms with E-state index in [0.29, 0.717) is 24.6 Å². The lowest BCUT2D eigenvalue weighted by atomic mass is 10.1. The quantitative estimate of drug-likeness (QED) is 0.912. The maximum atomic E-state index is 12.1. The molecule has 8 nitrogen and oxygen atoms in total. The Hall–Kier alpha value is -2.61. The maximum absolute atomic E-state index is 12.1. The monoisotopic (exact) mass is 332 g/mol. The molecular weight excluding hydrogens is 312 g/mol. The van der Waals surface area contributed by atoms with Crippen molar-refractivity contribution in [3.63, 3.8) is 0 Å². The third kappa shape index (κ3) is 3.05. The topological polar surface area (TPSA) is 89.7 Å². The molecule has 0 bridgehead atoms. The zero-order valence-corrected chi connectivity index (χ0v) is 13.9. The molecule has 0 saturated carbocycles. The Bertz CT molecular complexity index is 755. The van der Waals surface area contributed by atoms with Crippen LogP contribution in [0.4, 0.5) is 4.79 Å². The summed E-state index contributed by atoms with van der Waals surface area (Å²) in [5, 5.41) is 13.8. The Labute approximate surface area is 139 Å². The minimum Gasteiger partial charge on any atom is -0.506 e. The van der Waals surface area contributed by atoms with E-state index in [1.54, 1.807) is 48.9 Å². The average Bonchev–Trinajstić information content (AvgIpc) is 2.87. The molecule has 24 heavy (non-hydrogen) atoms. The number of hydrogen-bond acceptors (Lipinski definition) is 6. The van der Waals surface area contributed by atoms with Gasteiger partial charge < -0.3 is 19.5 Å². The van der Waals surface area contributed by atoms with Crippen molar-refractivity contribution in [2.24, 2.45) is 7.05 Å². The number of rotatable bonds is 4. The second-order valence-electron chi connectivity index (χ2n) is 5.79. The minimum atomic E-state index is -0.398. The maximum Gasteiger partial charge on any atom is 0.410 e. The molecule has 8 heteroatoms. The molecule has 3 rings (SSSR count). The van der Waals surface area contributed by atoms with E-state index in [-0.39, 0.29) is 18.4 Å². The van der Waals surface area contributed by atoms with Gasteiger partial charge in [0.25, 0.3) is 0 Å². The zero-order valence-electron chi connectivity index (χ0n) is 13.9. The van der Waals surface area contributed by atoms with Crippen molar-refractivity contribution in [1.29, 1.82) is 0 Å². The van der Waals surface area contributed by atoms with E-state index in [2.05, 4.69) is 10.1 Å². The second kappa shape index (κ2) is 6.48. The number of pyridine rings is 1. The summed E-state index contributed by atoms with van der Waals surface area (Å²) in [5.41, 5.74) is 2.71. The first-order chi connectivity index (χ1) is 11.5. The first-order valence-corrected chi connectivity index (χ1v) is 7.62. The molecule has 1 aliphatic heterocycles. The molecule has 1 saturated heterocycles. The number of ether oxygens (including phenoxy) is 2. The molecule has 1 aliphatic rings. The van der Waals surface area contributed by atoms with E-state index < -0.39 is 6.09 Å². The van der Waals surface area contributed by atoms with Crippen LogP contribution in [-0.2, 0) is 23.1 Å². The number of hydrogen-bond donors (Lipinski definition) is 1. The number of aromatic nitrogens is 3. The van der Waals surface area contributed by atoms with Crippen LogP contribution in [0, 0.1) is 6.92 Å². The normalized spacial score (nSPS) is 14.3. The summed E-state index contributed by atoms with van der Waals surface area (Å²) in [6.45, 7) is 2.90. The SMILES string of the molecule is Cc1nc(-c2cnn(C)c2COC(=O)N(C)C2COC2)ccc1O. The molecule has 128 valence electrons. The van der Waals surface area contributed by atoms with Crippen LogP contribution in [0.25, 0.3) is 11.3 Å². The summed E-state index contributed by atoms with van der Waals surface area (Å²) in [6.07, 6.45) is 1.27. The standard InChI is InChI=1S/C16H20N4O4/c1-10-15(21)5-4-13(18-10)12-6-17-20(3)14(12)9-24-16(22)19(2)11-7-23-8-11/h4-6,11,21H,7-9H2,1-3H3. The van der Waals surface area contributed by atoms with Gasteiger partial charge in [0.15, 0.2) is 0 Å². The smallest absolute Gasteiger partial charge is 0.410 e. The van der Waals surface area contributed by atoms with E-state index in [0.717, 1.165) is 11.3 Å². The summed E-state index contributed by atoms with van der Waals surface area (Å²) < 4.78 is 12.1. The van der Waals surface area contributed by atoms with Crippen molar-refractivity contribution in [2.75, 3.05) is 20.3 Å². The fourth-order valence-corrected chi connectivity index (χ4v) is 2.38. The number of amides is 1. The van der Waals surface area contributed by atoms with Crippen LogP contribution in [0.1, 0.15) is 11.4 Å². The molecule has 0 spiro atoms. The average molecular weight is 332 g/mol. The van der Waals surface area contributed by atoms with Gasteiger partial charge in [-0.2, -0.15) is 5.10 Å². The molecule has 3 heterocycles. The largest absolute Gasteiger partial charge is 0.506 e. The van der Waals surface area contributed by atoms with E-state index in [9.17, 15) is 9.90 Å². The van der Waals surface area contributed by atoms with Crippen LogP contribution >= 0.6 is 0 Å². The van der Waals surface area contributed by atoms with Crippen LogP contribution in [-0.4, -0.2) is 57.2 Å². The number of aromatic hydroxyl groups is 1. The molecule has 2 aromatic rings. The Morgan fingerprint density at radius 2 is 2.25 bits per heavy atom. The fraction of sp³-hybridized carbons (Fsp3) is 0.438. The lowest BCUT2D eigenvalue weighted by Crippen LogP contribution is -2.49. The highest BCUT2D eigenvalue weighted by atomic mass is 16.6. The van der Waals surface area contributed by atoms with Gasteiger partial charge in [0.05, 0.1) is 42.5 Å². The molecule has 0 aromatic carbocycles. The van der Waals surface area contributed by atoms with Crippen LogP contribution in [0.5, 0.6) is 5.75 Å². The van der Waals surface area contributed by atoms with Gasteiger partial charge in [-0.1, -0.05) is 0 Å². The van der Waals surface area contributed by atoms with Crippen molar-refractivity contribution in [1.82, 2.24) is 19.7 Å². The predicted octanol–water partition coefficient (Wildman–Crippen LogP) is 1.46. The number of carbonyl (C=O) groups excluding carboxylic acids is 1. The lowest BCUT2D eigenvalue weighted by molar-refractivity contribution is -0.0532. The van der Waals surface area contributed by atoms with Crippen molar-refractivity contribution in [3.8, 4) is 17.0 Å². The van der Waals surface area contributed by atoms with Gasteiger partial charge in [0.2, 0.25) is 0 Å². The first-order valence-electron chi connectivity index (χ1n) is 7.62. The highest BCUT2D eigenvalue weighted by Crippen LogP contribution is 2.25. The van der Waals surface area contributed by atoms with Crippen molar-refractivity contribution >= 4 is 6.09 Å². The van der Waals surface area contributed by atoms with Gasteiger partial charge in [-0.25, -0.2) is 9.78 Å². The summed E-state index contributed by atoms with van der Waals surface area (Å²) in [5.74, 6) is 0.139. The molecule has 2 aromatic heterocycles. The Balaban J connectivity index is 1.75. The molecule has 1 N–H and O–H groups in total. The molecule has 1 fully saturated rings. The second-order valence-corrected chi connectivity index (χ2v) is 5.79. The third-order valence-electron chi connectivity index (χ3n) is 4.18. The molecule has 1 amide bonds. The Kier molecular flexibility index (Phi) is 4.39. The van der Waals surface area contributed by atoms with Crippen molar-refractivity contribution < 1.29 is 19.4 Å². The van der Waals surface area contributed by atoms with Gasteiger partial charge in [-0.3, -0.25) is 4.68 Å². The molecule has 0 atom stereocenters. The van der Waals surface area contributed by atoms with Gasteiger partial charge in [0, 0.05) is 19.7 Å². The minimum absolute atomic E-state index is 0.0740. The summed E-state index contributed by atoms with van der Waals surface area (Å²) in [7, 11) is 3.48. The van der Waals surface area contributed by atoms with Gasteiger partial charge in [-0.15, -0.1) is 0 Å². The fourth-order valence-electron chi connectivity index (χ4n) is 2.38. The summed E-state index contributed by atoms with van der Waals surface area (Å²) in [6, 6.07) is 3.37. The van der Waals surface area contributed by atoms with Gasteiger partial charge in [0.1, 0.15) is 12.4 Å². The van der Waals surface area contributed by atoms with Gasteiger partial charge >= 0.3 is 6.09 Å². The molecule has 0 unspecified atom stereocenters. The zero-order chi connectivity index (χ0) is 17.3. The van der Waals surface area contributed by atoms with Crippen LogP contribution in [0.2, 0.25) is 0 Å². The van der Waals surface area contributed by atoms with Crippen LogP contribution in [0.3, 0.4) is 0 Å². The molecular formula is C16H20N4O4. The Morgan fingerprint density at radius 3 is 2.88 bits per heavy atom. The lowest BCUT2D eigenvalue weighted by Gasteiger charge is -2.33. The highest BCUT2D eigenvalue weighted by molar-refractivity contribution is 5.68. The third-order valence-corrected chi connectivity index (χ3v) is 4.18. The van der Waals surface area contributed by atoms with E-state index in [1.165, 1.54) is 0 Å². The number of likely N-dealkylation sites (N-methyl/N-ethyl adjacent to an activating group) is 1. The van der Waals surface area contributed by atoms with E-state index in [4.69, 9.17) is 9.47 Å². The number of aryl methyl sites for hydroxylation is 2. The van der Waals surface area contributed by atoms with Crippen molar-refractivity contribution in [2.45, 2.75) is 19.6 Å².